The zero-order chi connectivity index (χ0) is 14.9. The molecule has 5 nitrogen and oxygen atoms in total. The van der Waals surface area contributed by atoms with Gasteiger partial charge in [0.15, 0.2) is 0 Å². The quantitative estimate of drug-likeness (QED) is 0.728. The lowest BCUT2D eigenvalue weighted by Crippen LogP contribution is -2.18. The third-order valence-electron chi connectivity index (χ3n) is 2.91. The summed E-state index contributed by atoms with van der Waals surface area (Å²) in [6.07, 6.45) is 1.78. The third-order valence-corrected chi connectivity index (χ3v) is 2.91. The Hall–Kier alpha value is -1.95. The SMILES string of the molecule is COCCNCc1ccc(Oc2cccc(CO)c2)nc1. The molecule has 0 atom stereocenters. The largest absolute Gasteiger partial charge is 0.439 e. The Morgan fingerprint density at radius 2 is 2.10 bits per heavy atom. The molecule has 112 valence electrons. The highest BCUT2D eigenvalue weighted by atomic mass is 16.5. The van der Waals surface area contributed by atoms with Gasteiger partial charge in [-0.2, -0.15) is 0 Å². The average molecular weight is 288 g/mol. The van der Waals surface area contributed by atoms with Crippen LogP contribution in [0.15, 0.2) is 42.6 Å². The van der Waals surface area contributed by atoms with Crippen molar-refractivity contribution in [2.24, 2.45) is 0 Å². The van der Waals surface area contributed by atoms with Crippen molar-refractivity contribution in [3.63, 3.8) is 0 Å². The standard InChI is InChI=1S/C16H20N2O3/c1-20-8-7-17-10-14-5-6-16(18-11-14)21-15-4-2-3-13(9-15)12-19/h2-6,9,11,17,19H,7-8,10,12H2,1H3. The second-order valence-electron chi connectivity index (χ2n) is 4.58. The first-order valence-electron chi connectivity index (χ1n) is 6.84. The van der Waals surface area contributed by atoms with Gasteiger partial charge in [0.1, 0.15) is 5.75 Å². The summed E-state index contributed by atoms with van der Waals surface area (Å²) in [5.41, 5.74) is 1.90. The number of nitrogens with one attached hydrogen (secondary N) is 1. The average Bonchev–Trinajstić information content (AvgIpc) is 2.53. The first kappa shape index (κ1) is 15.4. The Labute approximate surface area is 124 Å². The number of aromatic nitrogens is 1. The number of rotatable bonds is 8. The van der Waals surface area contributed by atoms with E-state index in [0.717, 1.165) is 24.2 Å². The normalized spacial score (nSPS) is 10.6. The summed E-state index contributed by atoms with van der Waals surface area (Å²) in [5.74, 6) is 1.20. The number of pyridine rings is 1. The molecule has 1 aromatic heterocycles. The van der Waals surface area contributed by atoms with E-state index < -0.39 is 0 Å². The highest BCUT2D eigenvalue weighted by molar-refractivity contribution is 5.31. The van der Waals surface area contributed by atoms with E-state index in [-0.39, 0.29) is 6.61 Å². The number of benzene rings is 1. The Morgan fingerprint density at radius 1 is 1.19 bits per heavy atom. The molecule has 0 aliphatic heterocycles. The van der Waals surface area contributed by atoms with Gasteiger partial charge < -0.3 is 19.9 Å². The summed E-state index contributed by atoms with van der Waals surface area (Å²) >= 11 is 0. The van der Waals surface area contributed by atoms with Crippen molar-refractivity contribution in [2.75, 3.05) is 20.3 Å². The molecule has 2 rings (SSSR count). The number of aliphatic hydroxyl groups is 1. The molecule has 0 amide bonds. The van der Waals surface area contributed by atoms with Crippen LogP contribution in [0.3, 0.4) is 0 Å². The molecule has 2 aromatic rings. The molecule has 1 heterocycles. The lowest BCUT2D eigenvalue weighted by atomic mass is 10.2. The van der Waals surface area contributed by atoms with Crippen molar-refractivity contribution < 1.29 is 14.6 Å². The molecule has 1 aromatic carbocycles. The van der Waals surface area contributed by atoms with Crippen molar-refractivity contribution in [1.82, 2.24) is 10.3 Å². The van der Waals surface area contributed by atoms with E-state index in [1.807, 2.05) is 30.3 Å². The third kappa shape index (κ3) is 5.15. The van der Waals surface area contributed by atoms with E-state index in [4.69, 9.17) is 14.6 Å². The summed E-state index contributed by atoms with van der Waals surface area (Å²) in [6.45, 7) is 2.24. The number of aliphatic hydroxyl groups excluding tert-OH is 1. The number of hydrogen-bond donors (Lipinski definition) is 2. The van der Waals surface area contributed by atoms with Gasteiger partial charge in [0, 0.05) is 32.5 Å². The minimum Gasteiger partial charge on any atom is -0.439 e. The molecular weight excluding hydrogens is 268 g/mol. The van der Waals surface area contributed by atoms with Gasteiger partial charge in [0.2, 0.25) is 5.88 Å². The van der Waals surface area contributed by atoms with Crippen LogP contribution >= 0.6 is 0 Å². The second-order valence-corrected chi connectivity index (χ2v) is 4.58. The smallest absolute Gasteiger partial charge is 0.219 e. The molecule has 0 saturated heterocycles. The zero-order valence-corrected chi connectivity index (χ0v) is 12.1. The van der Waals surface area contributed by atoms with E-state index >= 15 is 0 Å². The first-order chi connectivity index (χ1) is 10.3. The van der Waals surface area contributed by atoms with E-state index in [1.165, 1.54) is 0 Å². The van der Waals surface area contributed by atoms with Gasteiger partial charge in [-0.25, -0.2) is 4.98 Å². The first-order valence-corrected chi connectivity index (χ1v) is 6.84. The van der Waals surface area contributed by atoms with Crippen molar-refractivity contribution in [3.8, 4) is 11.6 Å². The number of ether oxygens (including phenoxy) is 2. The molecule has 0 radical (unpaired) electrons. The Morgan fingerprint density at radius 3 is 2.81 bits per heavy atom. The highest BCUT2D eigenvalue weighted by Crippen LogP contribution is 2.20. The molecule has 0 saturated carbocycles. The molecule has 5 heteroatoms. The second kappa shape index (κ2) is 8.36. The minimum atomic E-state index is -0.00326. The summed E-state index contributed by atoms with van der Waals surface area (Å²) in [5, 5.41) is 12.4. The van der Waals surface area contributed by atoms with Crippen molar-refractivity contribution >= 4 is 0 Å². The Kier molecular flexibility index (Phi) is 6.15. The summed E-state index contributed by atoms with van der Waals surface area (Å²) in [4.78, 5) is 4.27. The van der Waals surface area contributed by atoms with Gasteiger partial charge in [0.05, 0.1) is 13.2 Å². The van der Waals surface area contributed by atoms with E-state index in [2.05, 4.69) is 10.3 Å². The van der Waals surface area contributed by atoms with E-state index in [9.17, 15) is 0 Å². The van der Waals surface area contributed by atoms with Crippen LogP contribution in [0.25, 0.3) is 0 Å². The molecule has 0 bridgehead atoms. The number of methoxy groups -OCH3 is 1. The van der Waals surface area contributed by atoms with Gasteiger partial charge >= 0.3 is 0 Å². The maximum atomic E-state index is 9.10. The summed E-state index contributed by atoms with van der Waals surface area (Å²) < 4.78 is 10.6. The lowest BCUT2D eigenvalue weighted by Gasteiger charge is -2.07. The topological polar surface area (TPSA) is 63.6 Å². The van der Waals surface area contributed by atoms with Crippen LogP contribution in [0.2, 0.25) is 0 Å². The molecule has 0 spiro atoms. The highest BCUT2D eigenvalue weighted by Gasteiger charge is 2.01. The maximum Gasteiger partial charge on any atom is 0.219 e. The fourth-order valence-electron chi connectivity index (χ4n) is 1.81. The van der Waals surface area contributed by atoms with Crippen LogP contribution in [-0.4, -0.2) is 30.4 Å². The van der Waals surface area contributed by atoms with Crippen molar-refractivity contribution in [3.05, 3.63) is 53.7 Å². The predicted octanol–water partition coefficient (Wildman–Crippen LogP) is 2.10. The van der Waals surface area contributed by atoms with Crippen LogP contribution in [0.4, 0.5) is 0 Å². The van der Waals surface area contributed by atoms with Gasteiger partial charge in [-0.05, 0) is 23.3 Å². The molecule has 0 fully saturated rings. The van der Waals surface area contributed by atoms with Crippen LogP contribution in [0.1, 0.15) is 11.1 Å². The molecule has 0 aliphatic rings. The van der Waals surface area contributed by atoms with Crippen molar-refractivity contribution in [1.29, 1.82) is 0 Å². The molecule has 2 N–H and O–H groups in total. The van der Waals surface area contributed by atoms with Gasteiger partial charge in [-0.1, -0.05) is 18.2 Å². The molecular formula is C16H20N2O3. The fourth-order valence-corrected chi connectivity index (χ4v) is 1.81. The lowest BCUT2D eigenvalue weighted by molar-refractivity contribution is 0.199. The summed E-state index contributed by atoms with van der Waals surface area (Å²) in [6, 6.07) is 11.1. The molecule has 0 unspecified atom stereocenters. The fraction of sp³-hybridized carbons (Fsp3) is 0.312. The predicted molar refractivity (Wildman–Crippen MR) is 80.3 cm³/mol. The maximum absolute atomic E-state index is 9.10. The monoisotopic (exact) mass is 288 g/mol. The minimum absolute atomic E-state index is 0.00326. The van der Waals surface area contributed by atoms with Crippen LogP contribution in [0, 0.1) is 0 Å². The van der Waals surface area contributed by atoms with Crippen LogP contribution < -0.4 is 10.1 Å². The van der Waals surface area contributed by atoms with Gasteiger partial charge in [0.25, 0.3) is 0 Å². The Bertz CT molecular complexity index is 543. The number of hydrogen-bond acceptors (Lipinski definition) is 5. The van der Waals surface area contributed by atoms with Crippen molar-refractivity contribution in [2.45, 2.75) is 13.2 Å². The molecule has 21 heavy (non-hydrogen) atoms. The van der Waals surface area contributed by atoms with Crippen LogP contribution in [0.5, 0.6) is 11.6 Å². The molecule has 0 aliphatic carbocycles. The summed E-state index contributed by atoms with van der Waals surface area (Å²) in [7, 11) is 1.68. The zero-order valence-electron chi connectivity index (χ0n) is 12.1. The number of nitrogens with zero attached hydrogens (tertiary/aromatic N) is 1. The van der Waals surface area contributed by atoms with E-state index in [0.29, 0.717) is 18.2 Å². The van der Waals surface area contributed by atoms with Gasteiger partial charge in [-0.3, -0.25) is 0 Å². The van der Waals surface area contributed by atoms with E-state index in [1.54, 1.807) is 19.4 Å². The van der Waals surface area contributed by atoms with Crippen LogP contribution in [-0.2, 0) is 17.9 Å². The van der Waals surface area contributed by atoms with Gasteiger partial charge in [-0.15, -0.1) is 0 Å². The Balaban J connectivity index is 1.89.